The van der Waals surface area contributed by atoms with Crippen LogP contribution in [-0.2, 0) is 31.1 Å². The van der Waals surface area contributed by atoms with E-state index in [9.17, 15) is 0 Å². The van der Waals surface area contributed by atoms with Gasteiger partial charge in [0.1, 0.15) is 0 Å². The van der Waals surface area contributed by atoms with Gasteiger partial charge in [-0.2, -0.15) is 0 Å². The Balaban J connectivity index is 5.10. The first-order valence-corrected chi connectivity index (χ1v) is 12.7. The van der Waals surface area contributed by atoms with E-state index >= 15 is 0 Å². The van der Waals surface area contributed by atoms with Crippen LogP contribution in [0.5, 0.6) is 0 Å². The summed E-state index contributed by atoms with van der Waals surface area (Å²) in [5.41, 5.74) is 0. The predicted molar refractivity (Wildman–Crippen MR) is 73.1 cm³/mol. The second-order valence-corrected chi connectivity index (χ2v) is 14.3. The average Bonchev–Trinajstić information content (AvgIpc) is 1.92. The van der Waals surface area contributed by atoms with Gasteiger partial charge in [0, 0.05) is 0 Å². The summed E-state index contributed by atoms with van der Waals surface area (Å²) in [5, 5.41) is 0. The molecule has 0 fully saturated rings. The molecule has 0 N–H and O–H groups in total. The summed E-state index contributed by atoms with van der Waals surface area (Å²) in [5.74, 6) is 0. The van der Waals surface area contributed by atoms with Crippen molar-refractivity contribution in [1.29, 1.82) is 0 Å². The minimum absolute atomic E-state index is 0.0406. The van der Waals surface area contributed by atoms with Gasteiger partial charge in [0.15, 0.2) is 0 Å². The molecule has 0 rings (SSSR count). The fraction of sp³-hybridized carbons (Fsp3) is 1.00. The van der Waals surface area contributed by atoms with Crippen LogP contribution in [0.2, 0.25) is 19.6 Å². The van der Waals surface area contributed by atoms with Crippen molar-refractivity contribution in [2.75, 3.05) is 0 Å². The third-order valence-corrected chi connectivity index (χ3v) is 10.0. The summed E-state index contributed by atoms with van der Waals surface area (Å²) < 4.78 is 24.2. The van der Waals surface area contributed by atoms with E-state index in [0.717, 1.165) is 0 Å². The van der Waals surface area contributed by atoms with E-state index in [1.165, 1.54) is 0 Å². The SMILES string of the molecule is CC(C)[O][Ti]([O]C(C)C)([O]C(C)C)[O][Si](C)(C)C. The molecular weight excluding hydrogens is 284 g/mol. The quantitative estimate of drug-likeness (QED) is 0.636. The Bertz CT molecular complexity index is 212. The Morgan fingerprint density at radius 3 is 1.11 bits per heavy atom. The van der Waals surface area contributed by atoms with Crippen LogP contribution in [0.4, 0.5) is 0 Å². The molecule has 0 spiro atoms. The molecule has 0 atom stereocenters. The van der Waals surface area contributed by atoms with E-state index in [-0.39, 0.29) is 18.3 Å². The molecular formula is C12H30O4SiTi. The van der Waals surface area contributed by atoms with Gasteiger partial charge in [-0.3, -0.25) is 0 Å². The van der Waals surface area contributed by atoms with Crippen molar-refractivity contribution in [3.8, 4) is 0 Å². The van der Waals surface area contributed by atoms with E-state index in [4.69, 9.17) is 13.0 Å². The first-order chi connectivity index (χ1) is 7.96. The van der Waals surface area contributed by atoms with Crippen LogP contribution in [0, 0.1) is 0 Å². The number of rotatable bonds is 8. The molecule has 0 saturated carbocycles. The Kier molecular flexibility index (Phi) is 7.85. The summed E-state index contributed by atoms with van der Waals surface area (Å²) in [7, 11) is -1.78. The fourth-order valence-electron chi connectivity index (χ4n) is 1.40. The van der Waals surface area contributed by atoms with Crippen LogP contribution < -0.4 is 0 Å². The minimum atomic E-state index is -3.64. The molecule has 0 saturated heterocycles. The molecule has 0 aliphatic rings. The summed E-state index contributed by atoms with van der Waals surface area (Å²) in [6, 6.07) is 0. The van der Waals surface area contributed by atoms with Crippen molar-refractivity contribution in [1.82, 2.24) is 0 Å². The van der Waals surface area contributed by atoms with E-state index in [0.29, 0.717) is 0 Å². The third kappa shape index (κ3) is 8.80. The van der Waals surface area contributed by atoms with Gasteiger partial charge in [-0.05, 0) is 0 Å². The van der Waals surface area contributed by atoms with E-state index in [1.54, 1.807) is 0 Å². The Labute approximate surface area is 119 Å². The van der Waals surface area contributed by atoms with Gasteiger partial charge in [-0.25, -0.2) is 0 Å². The van der Waals surface area contributed by atoms with Crippen molar-refractivity contribution in [3.63, 3.8) is 0 Å². The summed E-state index contributed by atoms with van der Waals surface area (Å²) >= 11 is -3.64. The molecule has 0 radical (unpaired) electrons. The molecule has 0 aliphatic carbocycles. The average molecular weight is 314 g/mol. The maximum absolute atomic E-state index is 6.22. The van der Waals surface area contributed by atoms with Crippen molar-refractivity contribution >= 4 is 8.32 Å². The second kappa shape index (κ2) is 7.53. The number of hydrogen-bond donors (Lipinski definition) is 0. The zero-order valence-electron chi connectivity index (χ0n) is 13.4. The molecule has 0 aromatic heterocycles. The first-order valence-electron chi connectivity index (χ1n) is 6.69. The monoisotopic (exact) mass is 314 g/mol. The van der Waals surface area contributed by atoms with Crippen molar-refractivity contribution < 1.29 is 31.1 Å². The first kappa shape index (κ1) is 18.8. The van der Waals surface area contributed by atoms with Gasteiger partial charge in [-0.15, -0.1) is 0 Å². The zero-order chi connectivity index (χ0) is 14.6. The molecule has 0 amide bonds. The summed E-state index contributed by atoms with van der Waals surface area (Å²) in [6.07, 6.45) is 0.122. The van der Waals surface area contributed by atoms with Gasteiger partial charge in [-0.1, -0.05) is 0 Å². The normalized spacial score (nSPS) is 14.0. The predicted octanol–water partition coefficient (Wildman–Crippen LogP) is 3.93. The van der Waals surface area contributed by atoms with Crippen molar-refractivity contribution in [2.24, 2.45) is 0 Å². The van der Waals surface area contributed by atoms with E-state index < -0.39 is 26.5 Å². The van der Waals surface area contributed by atoms with E-state index in [2.05, 4.69) is 19.6 Å². The van der Waals surface area contributed by atoms with Crippen LogP contribution in [0.25, 0.3) is 0 Å². The van der Waals surface area contributed by atoms with Crippen LogP contribution in [0.1, 0.15) is 41.5 Å². The van der Waals surface area contributed by atoms with Gasteiger partial charge < -0.3 is 0 Å². The Morgan fingerprint density at radius 2 is 0.944 bits per heavy atom. The summed E-state index contributed by atoms with van der Waals surface area (Å²) in [6.45, 7) is 18.3. The van der Waals surface area contributed by atoms with Gasteiger partial charge >= 0.3 is 119 Å². The fourth-order valence-corrected chi connectivity index (χ4v) is 9.45. The molecule has 18 heavy (non-hydrogen) atoms. The molecule has 0 bridgehead atoms. The van der Waals surface area contributed by atoms with Crippen molar-refractivity contribution in [2.45, 2.75) is 79.5 Å². The third-order valence-electron chi connectivity index (χ3n) is 1.57. The van der Waals surface area contributed by atoms with Crippen LogP contribution in [0.15, 0.2) is 0 Å². The van der Waals surface area contributed by atoms with Crippen LogP contribution in [0.3, 0.4) is 0 Å². The standard InChI is InChI=1S/C3H9OSi.3C3H7O.Ti/c1-5(2,3)4;3*1-3(2)4;/h1-3H3;3*3H,1-2H3;/q4*-1;+4. The van der Waals surface area contributed by atoms with Crippen LogP contribution >= 0.6 is 0 Å². The van der Waals surface area contributed by atoms with Gasteiger partial charge in [0.05, 0.1) is 0 Å². The molecule has 0 aliphatic heterocycles. The Hall–Kier alpha value is 0.771. The molecule has 6 heteroatoms. The van der Waals surface area contributed by atoms with Gasteiger partial charge in [0.25, 0.3) is 0 Å². The van der Waals surface area contributed by atoms with E-state index in [1.807, 2.05) is 41.5 Å². The molecule has 4 nitrogen and oxygen atoms in total. The molecule has 0 aromatic rings. The van der Waals surface area contributed by atoms with Crippen molar-refractivity contribution in [3.05, 3.63) is 0 Å². The van der Waals surface area contributed by atoms with Gasteiger partial charge in [0.2, 0.25) is 0 Å². The molecule has 0 aromatic carbocycles. The van der Waals surface area contributed by atoms with Crippen LogP contribution in [-0.4, -0.2) is 26.6 Å². The zero-order valence-corrected chi connectivity index (χ0v) is 15.9. The maximum atomic E-state index is 6.22. The molecule has 0 unspecified atom stereocenters. The summed E-state index contributed by atoms with van der Waals surface area (Å²) in [4.78, 5) is 0. The molecule has 110 valence electrons. The Morgan fingerprint density at radius 1 is 0.667 bits per heavy atom. The second-order valence-electron chi connectivity index (χ2n) is 6.21. The molecule has 0 heterocycles. The topological polar surface area (TPSA) is 36.9 Å². The number of hydrogen-bond acceptors (Lipinski definition) is 4.